The van der Waals surface area contributed by atoms with E-state index in [0.29, 0.717) is 19.5 Å². The zero-order valence-electron chi connectivity index (χ0n) is 14.3. The van der Waals surface area contributed by atoms with Crippen LogP contribution < -0.4 is 0 Å². The van der Waals surface area contributed by atoms with Crippen molar-refractivity contribution in [3.05, 3.63) is 47.6 Å². The lowest BCUT2D eigenvalue weighted by molar-refractivity contribution is -0.146. The Morgan fingerprint density at radius 3 is 2.50 bits per heavy atom. The Hall–Kier alpha value is -1.93. The van der Waals surface area contributed by atoms with Crippen LogP contribution in [0, 0.1) is 5.92 Å². The molecule has 1 aromatic heterocycles. The van der Waals surface area contributed by atoms with E-state index in [1.165, 1.54) is 5.56 Å². The fourth-order valence-corrected chi connectivity index (χ4v) is 3.32. The van der Waals surface area contributed by atoms with E-state index in [1.807, 2.05) is 23.1 Å². The zero-order valence-corrected chi connectivity index (χ0v) is 14.3. The van der Waals surface area contributed by atoms with Gasteiger partial charge in [0.15, 0.2) is 0 Å². The highest BCUT2D eigenvalue weighted by Crippen LogP contribution is 2.27. The SMILES string of the molecule is OC(CCc1ccccc1)C1CCN(Cc2nc(C(F)(F)F)no2)CC1. The molecule has 1 aromatic carbocycles. The van der Waals surface area contributed by atoms with Crippen LogP contribution in [0.25, 0.3) is 0 Å². The minimum absolute atomic E-state index is 0.0274. The van der Waals surface area contributed by atoms with E-state index < -0.39 is 12.0 Å². The fourth-order valence-electron chi connectivity index (χ4n) is 3.32. The Morgan fingerprint density at radius 2 is 1.88 bits per heavy atom. The summed E-state index contributed by atoms with van der Waals surface area (Å²) >= 11 is 0. The third-order valence-electron chi connectivity index (χ3n) is 4.83. The predicted octanol–water partition coefficient (Wildman–Crippen LogP) is 3.29. The number of alkyl halides is 3. The number of halogens is 3. The molecule has 1 atom stereocenters. The van der Waals surface area contributed by atoms with Gasteiger partial charge in [-0.3, -0.25) is 4.90 Å². The first-order chi connectivity index (χ1) is 12.4. The molecule has 1 fully saturated rings. The summed E-state index contributed by atoms with van der Waals surface area (Å²) in [6.45, 7) is 1.59. The summed E-state index contributed by atoms with van der Waals surface area (Å²) in [6.07, 6.45) is -1.79. The normalized spacial score (nSPS) is 18.2. The average Bonchev–Trinajstić information content (AvgIpc) is 3.10. The molecular weight excluding hydrogens is 347 g/mol. The van der Waals surface area contributed by atoms with Crippen LogP contribution in [0.3, 0.4) is 0 Å². The van der Waals surface area contributed by atoms with Crippen molar-refractivity contribution in [1.29, 1.82) is 0 Å². The minimum atomic E-state index is -4.59. The summed E-state index contributed by atoms with van der Waals surface area (Å²) in [6, 6.07) is 10.0. The third kappa shape index (κ3) is 5.04. The first-order valence-electron chi connectivity index (χ1n) is 8.76. The first-order valence-corrected chi connectivity index (χ1v) is 8.76. The second kappa shape index (κ2) is 8.18. The lowest BCUT2D eigenvalue weighted by Gasteiger charge is -2.33. The lowest BCUT2D eigenvalue weighted by Crippen LogP contribution is -2.37. The van der Waals surface area contributed by atoms with Gasteiger partial charge in [0.1, 0.15) is 0 Å². The van der Waals surface area contributed by atoms with Gasteiger partial charge in [-0.15, -0.1) is 0 Å². The number of piperidine rings is 1. The lowest BCUT2D eigenvalue weighted by atomic mass is 9.88. The standard InChI is InChI=1S/C18H22F3N3O2/c19-18(20,21)17-22-16(26-23-17)12-24-10-8-14(9-11-24)15(25)7-6-13-4-2-1-3-5-13/h1-5,14-15,25H,6-12H2. The first kappa shape index (κ1) is 18.8. The van der Waals surface area contributed by atoms with Crippen LogP contribution in [0.2, 0.25) is 0 Å². The number of likely N-dealkylation sites (tertiary alicyclic amines) is 1. The van der Waals surface area contributed by atoms with E-state index in [0.717, 1.165) is 19.3 Å². The van der Waals surface area contributed by atoms with Gasteiger partial charge in [0.05, 0.1) is 12.6 Å². The summed E-state index contributed by atoms with van der Waals surface area (Å²) in [5.41, 5.74) is 1.21. The van der Waals surface area contributed by atoms with Gasteiger partial charge in [-0.05, 0) is 50.3 Å². The number of aliphatic hydroxyl groups is 1. The van der Waals surface area contributed by atoms with Gasteiger partial charge >= 0.3 is 6.18 Å². The molecular formula is C18H22F3N3O2. The summed E-state index contributed by atoms with van der Waals surface area (Å²) in [5.74, 6) is -1.05. The molecule has 0 radical (unpaired) electrons. The quantitative estimate of drug-likeness (QED) is 0.847. The summed E-state index contributed by atoms with van der Waals surface area (Å²) < 4.78 is 42.1. The van der Waals surface area contributed by atoms with Crippen molar-refractivity contribution in [3.63, 3.8) is 0 Å². The van der Waals surface area contributed by atoms with Crippen LogP contribution in [0.15, 0.2) is 34.9 Å². The van der Waals surface area contributed by atoms with Crippen LogP contribution in [-0.4, -0.2) is 39.3 Å². The van der Waals surface area contributed by atoms with Crippen molar-refractivity contribution >= 4 is 0 Å². The highest BCUT2D eigenvalue weighted by atomic mass is 19.4. The molecule has 8 heteroatoms. The predicted molar refractivity (Wildman–Crippen MR) is 88.1 cm³/mol. The van der Waals surface area contributed by atoms with E-state index in [4.69, 9.17) is 0 Å². The van der Waals surface area contributed by atoms with Crippen LogP contribution in [0.1, 0.15) is 36.5 Å². The molecule has 0 amide bonds. The Balaban J connectivity index is 1.43. The van der Waals surface area contributed by atoms with E-state index >= 15 is 0 Å². The highest BCUT2D eigenvalue weighted by Gasteiger charge is 2.37. The zero-order chi connectivity index (χ0) is 18.6. The van der Waals surface area contributed by atoms with Gasteiger partial charge in [-0.1, -0.05) is 35.5 Å². The van der Waals surface area contributed by atoms with Gasteiger partial charge < -0.3 is 9.63 Å². The number of aromatic nitrogens is 2. The van der Waals surface area contributed by atoms with Crippen LogP contribution in [-0.2, 0) is 19.1 Å². The largest absolute Gasteiger partial charge is 0.455 e. The van der Waals surface area contributed by atoms with Crippen molar-refractivity contribution in [2.24, 2.45) is 5.92 Å². The molecule has 1 unspecified atom stereocenters. The number of hydrogen-bond acceptors (Lipinski definition) is 5. The average molecular weight is 369 g/mol. The molecule has 1 N–H and O–H groups in total. The Morgan fingerprint density at radius 1 is 1.19 bits per heavy atom. The number of hydrogen-bond donors (Lipinski definition) is 1. The van der Waals surface area contributed by atoms with Gasteiger partial charge in [-0.25, -0.2) is 0 Å². The van der Waals surface area contributed by atoms with Crippen molar-refractivity contribution < 1.29 is 22.8 Å². The Bertz CT molecular complexity index is 682. The topological polar surface area (TPSA) is 62.4 Å². The Labute approximate surface area is 149 Å². The maximum absolute atomic E-state index is 12.5. The molecule has 0 saturated carbocycles. The van der Waals surface area contributed by atoms with E-state index in [1.54, 1.807) is 0 Å². The third-order valence-corrected chi connectivity index (χ3v) is 4.83. The van der Waals surface area contributed by atoms with Gasteiger partial charge in [-0.2, -0.15) is 18.2 Å². The van der Waals surface area contributed by atoms with E-state index in [2.05, 4.69) is 26.8 Å². The Kier molecular flexibility index (Phi) is 5.93. The van der Waals surface area contributed by atoms with Crippen LogP contribution in [0.4, 0.5) is 13.2 Å². The number of rotatable bonds is 6. The maximum Gasteiger partial charge on any atom is 0.455 e. The number of nitrogens with zero attached hydrogens (tertiary/aromatic N) is 3. The summed E-state index contributed by atoms with van der Waals surface area (Å²) in [7, 11) is 0. The number of aryl methyl sites for hydroxylation is 1. The van der Waals surface area contributed by atoms with Gasteiger partial charge in [0, 0.05) is 0 Å². The minimum Gasteiger partial charge on any atom is -0.393 e. The van der Waals surface area contributed by atoms with Crippen molar-refractivity contribution in [3.8, 4) is 0 Å². The van der Waals surface area contributed by atoms with Crippen LogP contribution >= 0.6 is 0 Å². The fraction of sp³-hybridized carbons (Fsp3) is 0.556. The monoisotopic (exact) mass is 369 g/mol. The molecule has 142 valence electrons. The molecule has 0 aliphatic carbocycles. The molecule has 26 heavy (non-hydrogen) atoms. The molecule has 5 nitrogen and oxygen atoms in total. The van der Waals surface area contributed by atoms with Crippen molar-refractivity contribution in [2.45, 2.75) is 44.5 Å². The van der Waals surface area contributed by atoms with E-state index in [-0.39, 0.29) is 24.5 Å². The second-order valence-electron chi connectivity index (χ2n) is 6.71. The molecule has 0 spiro atoms. The van der Waals surface area contributed by atoms with Gasteiger partial charge in [0.25, 0.3) is 5.82 Å². The molecule has 0 bridgehead atoms. The number of aliphatic hydroxyl groups excluding tert-OH is 1. The molecule has 1 aliphatic heterocycles. The highest BCUT2D eigenvalue weighted by molar-refractivity contribution is 5.14. The summed E-state index contributed by atoms with van der Waals surface area (Å²) in [5, 5.41) is 13.4. The molecule has 3 rings (SSSR count). The van der Waals surface area contributed by atoms with E-state index in [9.17, 15) is 18.3 Å². The van der Waals surface area contributed by atoms with Crippen molar-refractivity contribution in [1.82, 2.24) is 15.0 Å². The second-order valence-corrected chi connectivity index (χ2v) is 6.71. The van der Waals surface area contributed by atoms with Crippen LogP contribution in [0.5, 0.6) is 0 Å². The van der Waals surface area contributed by atoms with Gasteiger partial charge in [0.2, 0.25) is 5.89 Å². The molecule has 1 saturated heterocycles. The van der Waals surface area contributed by atoms with Crippen molar-refractivity contribution in [2.75, 3.05) is 13.1 Å². The molecule has 1 aliphatic rings. The smallest absolute Gasteiger partial charge is 0.393 e. The number of benzene rings is 1. The molecule has 2 aromatic rings. The molecule has 2 heterocycles. The summed E-state index contributed by atoms with van der Waals surface area (Å²) in [4.78, 5) is 5.38. The maximum atomic E-state index is 12.5.